The van der Waals surface area contributed by atoms with Crippen LogP contribution in [0.2, 0.25) is 0 Å². The molecule has 0 aliphatic heterocycles. The lowest BCUT2D eigenvalue weighted by Gasteiger charge is -2.31. The smallest absolute Gasteiger partial charge is 0.0900 e. The van der Waals surface area contributed by atoms with Gasteiger partial charge in [-0.15, -0.1) is 11.3 Å². The van der Waals surface area contributed by atoms with Crippen molar-refractivity contribution < 1.29 is 0 Å². The highest BCUT2D eigenvalue weighted by molar-refractivity contribution is 7.11. The van der Waals surface area contributed by atoms with E-state index >= 15 is 0 Å². The number of thiazole rings is 1. The summed E-state index contributed by atoms with van der Waals surface area (Å²) in [5, 5.41) is 4.74. The van der Waals surface area contributed by atoms with Gasteiger partial charge in [-0.2, -0.15) is 0 Å². The zero-order chi connectivity index (χ0) is 14.4. The molecule has 0 radical (unpaired) electrons. The normalized spacial score (nSPS) is 17.0. The summed E-state index contributed by atoms with van der Waals surface area (Å²) in [7, 11) is 2.30. The van der Waals surface area contributed by atoms with Gasteiger partial charge in [-0.1, -0.05) is 19.3 Å². The first-order valence-electron chi connectivity index (χ1n) is 8.00. The molecule has 0 atom stereocenters. The molecule has 0 saturated heterocycles. The fraction of sp³-hybridized carbons (Fsp3) is 0.812. The lowest BCUT2D eigenvalue weighted by molar-refractivity contribution is 0.189. The molecule has 1 fully saturated rings. The molecular formula is C16H29N3S. The van der Waals surface area contributed by atoms with E-state index in [9.17, 15) is 0 Å². The van der Waals surface area contributed by atoms with Gasteiger partial charge >= 0.3 is 0 Å². The van der Waals surface area contributed by atoms with E-state index < -0.39 is 0 Å². The Morgan fingerprint density at radius 3 is 2.65 bits per heavy atom. The highest BCUT2D eigenvalue weighted by atomic mass is 32.1. The number of aryl methyl sites for hydroxylation is 2. The number of hydrogen-bond donors (Lipinski definition) is 1. The van der Waals surface area contributed by atoms with Gasteiger partial charge in [0.25, 0.3) is 0 Å². The van der Waals surface area contributed by atoms with Gasteiger partial charge in [0, 0.05) is 17.5 Å². The van der Waals surface area contributed by atoms with Gasteiger partial charge in [0.15, 0.2) is 0 Å². The zero-order valence-electron chi connectivity index (χ0n) is 13.2. The minimum atomic E-state index is 0.843. The van der Waals surface area contributed by atoms with Crippen LogP contribution in [0.3, 0.4) is 0 Å². The molecule has 2 rings (SSSR count). The van der Waals surface area contributed by atoms with E-state index in [4.69, 9.17) is 0 Å². The number of rotatable bonds is 7. The van der Waals surface area contributed by atoms with Crippen molar-refractivity contribution in [2.24, 2.45) is 0 Å². The monoisotopic (exact) mass is 295 g/mol. The minimum absolute atomic E-state index is 0.843. The Morgan fingerprint density at radius 1 is 1.25 bits per heavy atom. The molecule has 1 saturated carbocycles. The molecule has 4 heteroatoms. The summed E-state index contributed by atoms with van der Waals surface area (Å²) in [5.41, 5.74) is 1.19. The van der Waals surface area contributed by atoms with E-state index in [0.717, 1.165) is 19.1 Å². The Hall–Kier alpha value is -0.450. The Morgan fingerprint density at radius 2 is 2.00 bits per heavy atom. The molecule has 1 aliphatic rings. The Labute approximate surface area is 127 Å². The maximum Gasteiger partial charge on any atom is 0.0900 e. The van der Waals surface area contributed by atoms with Crippen LogP contribution in [-0.4, -0.2) is 36.1 Å². The summed E-state index contributed by atoms with van der Waals surface area (Å²) in [6.07, 6.45) is 8.35. The molecule has 1 aromatic heterocycles. The van der Waals surface area contributed by atoms with Crippen LogP contribution < -0.4 is 5.32 Å². The van der Waals surface area contributed by atoms with Crippen molar-refractivity contribution in [1.82, 2.24) is 15.2 Å². The summed E-state index contributed by atoms with van der Waals surface area (Å²) >= 11 is 1.82. The Balaban J connectivity index is 1.58. The van der Waals surface area contributed by atoms with Crippen molar-refractivity contribution in [3.05, 3.63) is 15.6 Å². The second-order valence-electron chi connectivity index (χ2n) is 6.04. The molecule has 1 aromatic rings. The molecule has 3 nitrogen and oxygen atoms in total. The highest BCUT2D eigenvalue weighted by Crippen LogP contribution is 2.21. The summed E-state index contributed by atoms with van der Waals surface area (Å²) in [6, 6.07) is 0.843. The quantitative estimate of drug-likeness (QED) is 0.780. The second-order valence-corrected chi connectivity index (χ2v) is 7.33. The van der Waals surface area contributed by atoms with Crippen LogP contribution in [0.15, 0.2) is 0 Å². The third-order valence-corrected chi connectivity index (χ3v) is 5.42. The van der Waals surface area contributed by atoms with Gasteiger partial charge in [0.2, 0.25) is 0 Å². The van der Waals surface area contributed by atoms with Gasteiger partial charge in [0.05, 0.1) is 10.7 Å². The van der Waals surface area contributed by atoms with Gasteiger partial charge in [0.1, 0.15) is 0 Å². The number of nitrogens with zero attached hydrogens (tertiary/aromatic N) is 2. The average molecular weight is 295 g/mol. The maximum atomic E-state index is 4.47. The molecule has 1 heterocycles. The average Bonchev–Trinajstić information content (AvgIpc) is 2.77. The van der Waals surface area contributed by atoms with Crippen molar-refractivity contribution in [1.29, 1.82) is 0 Å². The van der Waals surface area contributed by atoms with Crippen LogP contribution in [0.4, 0.5) is 0 Å². The summed E-state index contributed by atoms with van der Waals surface area (Å²) < 4.78 is 0. The van der Waals surface area contributed by atoms with Crippen LogP contribution in [0.1, 0.15) is 54.1 Å². The van der Waals surface area contributed by atoms with E-state index in [1.807, 2.05) is 11.3 Å². The predicted molar refractivity (Wildman–Crippen MR) is 87.4 cm³/mol. The maximum absolute atomic E-state index is 4.47. The molecule has 20 heavy (non-hydrogen) atoms. The fourth-order valence-electron chi connectivity index (χ4n) is 3.10. The molecule has 114 valence electrons. The van der Waals surface area contributed by atoms with E-state index in [1.54, 1.807) is 0 Å². The molecule has 0 spiro atoms. The summed E-state index contributed by atoms with van der Waals surface area (Å²) in [4.78, 5) is 8.43. The van der Waals surface area contributed by atoms with Crippen LogP contribution in [0.5, 0.6) is 0 Å². The van der Waals surface area contributed by atoms with Crippen molar-refractivity contribution >= 4 is 11.3 Å². The van der Waals surface area contributed by atoms with Crippen molar-refractivity contribution in [2.45, 2.75) is 65.0 Å². The van der Waals surface area contributed by atoms with Crippen molar-refractivity contribution in [3.8, 4) is 0 Å². The Kier molecular flexibility index (Phi) is 6.46. The number of nitrogens with one attached hydrogen (secondary N) is 1. The lowest BCUT2D eigenvalue weighted by Crippen LogP contribution is -2.35. The topological polar surface area (TPSA) is 28.2 Å². The third-order valence-electron chi connectivity index (χ3n) is 4.35. The standard InChI is InChI=1S/C16H29N3S/c1-13-16(20-14(2)18-13)12-17-10-7-11-19(3)15-8-5-4-6-9-15/h15,17H,4-12H2,1-3H3. The fourth-order valence-corrected chi connectivity index (χ4v) is 4.00. The largest absolute Gasteiger partial charge is 0.312 e. The van der Waals surface area contributed by atoms with Crippen LogP contribution in [0, 0.1) is 13.8 Å². The van der Waals surface area contributed by atoms with E-state index in [2.05, 4.69) is 36.1 Å². The summed E-state index contributed by atoms with van der Waals surface area (Å²) in [6.45, 7) is 7.49. The highest BCUT2D eigenvalue weighted by Gasteiger charge is 2.17. The van der Waals surface area contributed by atoms with Crippen LogP contribution in [0.25, 0.3) is 0 Å². The van der Waals surface area contributed by atoms with Gasteiger partial charge < -0.3 is 10.2 Å². The molecule has 0 aromatic carbocycles. The SMILES string of the molecule is Cc1nc(C)c(CNCCCN(C)C2CCCCC2)s1. The molecule has 0 unspecified atom stereocenters. The van der Waals surface area contributed by atoms with Crippen LogP contribution >= 0.6 is 11.3 Å². The lowest BCUT2D eigenvalue weighted by atomic mass is 9.94. The van der Waals surface area contributed by atoms with E-state index in [1.165, 1.54) is 60.6 Å². The first-order chi connectivity index (χ1) is 9.66. The van der Waals surface area contributed by atoms with Crippen molar-refractivity contribution in [2.75, 3.05) is 20.1 Å². The first-order valence-corrected chi connectivity index (χ1v) is 8.82. The molecule has 1 N–H and O–H groups in total. The van der Waals surface area contributed by atoms with Gasteiger partial charge in [-0.05, 0) is 53.2 Å². The molecule has 0 bridgehead atoms. The summed E-state index contributed by atoms with van der Waals surface area (Å²) in [5.74, 6) is 0. The van der Waals surface area contributed by atoms with E-state index in [-0.39, 0.29) is 0 Å². The van der Waals surface area contributed by atoms with Crippen LogP contribution in [-0.2, 0) is 6.54 Å². The third kappa shape index (κ3) is 4.83. The number of hydrogen-bond acceptors (Lipinski definition) is 4. The van der Waals surface area contributed by atoms with Crippen molar-refractivity contribution in [3.63, 3.8) is 0 Å². The predicted octanol–water partition coefficient (Wildman–Crippen LogP) is 3.50. The first kappa shape index (κ1) is 15.9. The number of aromatic nitrogens is 1. The van der Waals surface area contributed by atoms with E-state index in [0.29, 0.717) is 0 Å². The van der Waals surface area contributed by atoms with Gasteiger partial charge in [-0.3, -0.25) is 0 Å². The molecule has 0 amide bonds. The molecular weight excluding hydrogens is 266 g/mol. The minimum Gasteiger partial charge on any atom is -0.312 e. The van der Waals surface area contributed by atoms with Gasteiger partial charge in [-0.25, -0.2) is 4.98 Å². The zero-order valence-corrected chi connectivity index (χ0v) is 14.1. The molecule has 1 aliphatic carbocycles. The second kappa shape index (κ2) is 8.11. The Bertz CT molecular complexity index is 396.